The van der Waals surface area contributed by atoms with Gasteiger partial charge in [0.2, 0.25) is 6.29 Å². The minimum absolute atomic E-state index is 0.438. The van der Waals surface area contributed by atoms with E-state index in [9.17, 15) is 0 Å². The predicted molar refractivity (Wildman–Crippen MR) is 67.4 cm³/mol. The third-order valence-corrected chi connectivity index (χ3v) is 2.10. The minimum atomic E-state index is -0.503. The number of unbranched alkanes of at least 4 members (excludes halogenated alkanes) is 2. The van der Waals surface area contributed by atoms with E-state index in [1.54, 1.807) is 0 Å². The zero-order chi connectivity index (χ0) is 12.9. The van der Waals surface area contributed by atoms with Crippen LogP contribution in [0.25, 0.3) is 0 Å². The van der Waals surface area contributed by atoms with Crippen LogP contribution in [-0.4, -0.2) is 32.7 Å². The van der Waals surface area contributed by atoms with Gasteiger partial charge in [-0.25, -0.2) is 0 Å². The largest absolute Gasteiger partial charge is 0.348 e. The lowest BCUT2D eigenvalue weighted by Gasteiger charge is -2.24. The second kappa shape index (κ2) is 12.3. The van der Waals surface area contributed by atoms with E-state index in [0.29, 0.717) is 32.7 Å². The molecule has 0 rings (SSSR count). The second-order valence-electron chi connectivity index (χ2n) is 3.55. The number of hydrogen-bond acceptors (Lipinski definition) is 4. The first kappa shape index (κ1) is 16.8. The summed E-state index contributed by atoms with van der Waals surface area (Å²) in [4.78, 5) is 0. The van der Waals surface area contributed by atoms with Crippen LogP contribution < -0.4 is 0 Å². The van der Waals surface area contributed by atoms with Gasteiger partial charge in [0.1, 0.15) is 0 Å². The Kier molecular flexibility index (Phi) is 12.2. The first-order chi connectivity index (χ1) is 8.29. The van der Waals surface area contributed by atoms with Gasteiger partial charge in [-0.2, -0.15) is 0 Å². The van der Waals surface area contributed by atoms with Gasteiger partial charge in [-0.3, -0.25) is 0 Å². The van der Waals surface area contributed by atoms with Gasteiger partial charge in [-0.1, -0.05) is 19.8 Å². The van der Waals surface area contributed by atoms with Crippen LogP contribution in [0.3, 0.4) is 0 Å². The Hall–Kier alpha value is -0.160. The fourth-order valence-electron chi connectivity index (χ4n) is 1.34. The van der Waals surface area contributed by atoms with Crippen LogP contribution in [0, 0.1) is 6.29 Å². The molecule has 4 heteroatoms. The van der Waals surface area contributed by atoms with Crippen LogP contribution >= 0.6 is 0 Å². The average molecular weight is 247 g/mol. The van der Waals surface area contributed by atoms with Crippen molar-refractivity contribution in [1.82, 2.24) is 0 Å². The fraction of sp³-hybridized carbons (Fsp3) is 0.923. The van der Waals surface area contributed by atoms with Crippen LogP contribution in [0.1, 0.15) is 47.0 Å². The predicted octanol–water partition coefficient (Wildman–Crippen LogP) is 3.12. The molecule has 0 fully saturated rings. The molecule has 0 bridgehead atoms. The Balaban J connectivity index is 4.04. The van der Waals surface area contributed by atoms with Gasteiger partial charge in [-0.05, 0) is 27.2 Å². The molecule has 0 saturated heterocycles. The Labute approximate surface area is 106 Å². The van der Waals surface area contributed by atoms with E-state index in [-0.39, 0.29) is 0 Å². The summed E-state index contributed by atoms with van der Waals surface area (Å²) in [5, 5.41) is 0. The highest BCUT2D eigenvalue weighted by Crippen LogP contribution is 2.16. The van der Waals surface area contributed by atoms with E-state index in [1.165, 1.54) is 6.42 Å². The van der Waals surface area contributed by atoms with Crippen molar-refractivity contribution >= 4 is 0 Å². The van der Waals surface area contributed by atoms with Gasteiger partial charge in [0.15, 0.2) is 0 Å². The molecule has 103 valence electrons. The highest BCUT2D eigenvalue weighted by molar-refractivity contribution is 4.71. The van der Waals surface area contributed by atoms with Crippen molar-refractivity contribution in [2.75, 3.05) is 26.4 Å². The Morgan fingerprint density at radius 2 is 1.47 bits per heavy atom. The fourth-order valence-corrected chi connectivity index (χ4v) is 1.34. The smallest absolute Gasteiger partial charge is 0.282 e. The van der Waals surface area contributed by atoms with Crippen molar-refractivity contribution in [3.63, 3.8) is 0 Å². The molecular weight excluding hydrogens is 220 g/mol. The zero-order valence-corrected chi connectivity index (χ0v) is 11.7. The van der Waals surface area contributed by atoms with E-state index in [2.05, 4.69) is 6.92 Å². The summed E-state index contributed by atoms with van der Waals surface area (Å²) in [7, 11) is 0. The first-order valence-corrected chi connectivity index (χ1v) is 6.65. The lowest BCUT2D eigenvalue weighted by Crippen LogP contribution is -2.30. The molecule has 0 aliphatic rings. The minimum Gasteiger partial charge on any atom is -0.348 e. The Morgan fingerprint density at radius 1 is 0.824 bits per heavy atom. The lowest BCUT2D eigenvalue weighted by molar-refractivity contribution is -0.220. The van der Waals surface area contributed by atoms with Gasteiger partial charge < -0.3 is 18.9 Å². The van der Waals surface area contributed by atoms with E-state index < -0.39 is 6.29 Å². The van der Waals surface area contributed by atoms with Crippen molar-refractivity contribution in [3.05, 3.63) is 6.29 Å². The maximum Gasteiger partial charge on any atom is 0.282 e. The Morgan fingerprint density at radius 3 is 1.94 bits per heavy atom. The second-order valence-corrected chi connectivity index (χ2v) is 3.55. The van der Waals surface area contributed by atoms with Crippen LogP contribution in [0.15, 0.2) is 0 Å². The molecule has 0 aliphatic carbocycles. The van der Waals surface area contributed by atoms with Crippen LogP contribution in [0.5, 0.6) is 0 Å². The number of ether oxygens (including phenoxy) is 4. The maximum absolute atomic E-state index is 5.64. The topological polar surface area (TPSA) is 36.9 Å². The van der Waals surface area contributed by atoms with Crippen molar-refractivity contribution in [1.29, 1.82) is 0 Å². The van der Waals surface area contributed by atoms with Crippen molar-refractivity contribution in [3.8, 4) is 0 Å². The summed E-state index contributed by atoms with van der Waals surface area (Å²) >= 11 is 0. The van der Waals surface area contributed by atoms with E-state index >= 15 is 0 Å². The average Bonchev–Trinajstić information content (AvgIpc) is 2.33. The summed E-state index contributed by atoms with van der Waals surface area (Å²) in [6.45, 7) is 10.3. The van der Waals surface area contributed by atoms with Crippen molar-refractivity contribution in [2.24, 2.45) is 0 Å². The quantitative estimate of drug-likeness (QED) is 0.392. The van der Waals surface area contributed by atoms with Gasteiger partial charge >= 0.3 is 0 Å². The van der Waals surface area contributed by atoms with E-state index in [0.717, 1.165) is 12.8 Å². The Bertz CT molecular complexity index is 146. The zero-order valence-electron chi connectivity index (χ0n) is 11.7. The lowest BCUT2D eigenvalue weighted by atomic mass is 10.3. The molecule has 0 aliphatic heterocycles. The highest BCUT2D eigenvalue weighted by atomic mass is 16.8. The van der Waals surface area contributed by atoms with Gasteiger partial charge in [0.25, 0.3) is 6.29 Å². The van der Waals surface area contributed by atoms with Gasteiger partial charge in [-0.15, -0.1) is 0 Å². The summed E-state index contributed by atoms with van der Waals surface area (Å²) in [5.41, 5.74) is 0. The van der Waals surface area contributed by atoms with Crippen LogP contribution in [-0.2, 0) is 18.9 Å². The normalized spacial score (nSPS) is 13.2. The molecule has 1 radical (unpaired) electrons. The third-order valence-electron chi connectivity index (χ3n) is 2.10. The number of hydrogen-bond donors (Lipinski definition) is 0. The highest BCUT2D eigenvalue weighted by Gasteiger charge is 2.25. The van der Waals surface area contributed by atoms with Crippen molar-refractivity contribution < 1.29 is 18.9 Å². The summed E-state index contributed by atoms with van der Waals surface area (Å²) in [6, 6.07) is 0. The molecule has 0 spiro atoms. The molecule has 0 amide bonds. The molecule has 0 aromatic heterocycles. The van der Waals surface area contributed by atoms with Crippen molar-refractivity contribution in [2.45, 2.75) is 53.2 Å². The standard InChI is InChI=1S/C13H27O4/c1-5-9-10-11-17-13(16-8-4)12(14-6-2)15-7-3/h13H,5-11H2,1-4H3. The molecule has 0 heterocycles. The molecule has 0 aromatic carbocycles. The first-order valence-electron chi connectivity index (χ1n) is 6.65. The molecule has 0 saturated carbocycles. The molecule has 0 aromatic rings. The molecule has 17 heavy (non-hydrogen) atoms. The van der Waals surface area contributed by atoms with E-state index in [4.69, 9.17) is 18.9 Å². The molecule has 0 N–H and O–H groups in total. The SMILES string of the molecule is CCCCCOC(OCC)[C](OCC)OCC. The summed E-state index contributed by atoms with van der Waals surface area (Å²) < 4.78 is 21.9. The van der Waals surface area contributed by atoms with Gasteiger partial charge in [0, 0.05) is 26.4 Å². The van der Waals surface area contributed by atoms with Gasteiger partial charge in [0.05, 0.1) is 0 Å². The molecular formula is C13H27O4. The monoisotopic (exact) mass is 247 g/mol. The van der Waals surface area contributed by atoms with Crippen LogP contribution in [0.2, 0.25) is 0 Å². The number of rotatable bonds is 12. The van der Waals surface area contributed by atoms with E-state index in [1.807, 2.05) is 20.8 Å². The summed E-state index contributed by atoms with van der Waals surface area (Å²) in [6.07, 6.45) is 3.31. The van der Waals surface area contributed by atoms with Crippen LogP contribution in [0.4, 0.5) is 0 Å². The summed E-state index contributed by atoms with van der Waals surface area (Å²) in [5.74, 6) is 0. The molecule has 1 unspecified atom stereocenters. The molecule has 4 nitrogen and oxygen atoms in total. The third kappa shape index (κ3) is 8.55. The molecule has 1 atom stereocenters. The maximum atomic E-state index is 5.64.